The molecule has 94 valence electrons. The smallest absolute Gasteiger partial charge is 0.335 e. The quantitative estimate of drug-likeness (QED) is 0.416. The van der Waals surface area contributed by atoms with Crippen LogP contribution in [0.3, 0.4) is 0 Å². The second-order valence-electron chi connectivity index (χ2n) is 3.16. The maximum atomic E-state index is 11.7. The van der Waals surface area contributed by atoms with Crippen molar-refractivity contribution in [2.75, 3.05) is 13.7 Å². The van der Waals surface area contributed by atoms with Gasteiger partial charge in [0.15, 0.2) is 6.61 Å². The molecule has 4 nitrogen and oxygen atoms in total. The largest absolute Gasteiger partial charge is 0.466 e. The number of rotatable bonds is 5. The topological polar surface area (TPSA) is 52.6 Å². The van der Waals surface area contributed by atoms with Crippen LogP contribution in [0.5, 0.6) is 0 Å². The van der Waals surface area contributed by atoms with Gasteiger partial charge in [0.05, 0.1) is 7.11 Å². The van der Waals surface area contributed by atoms with Crippen molar-refractivity contribution >= 4 is 11.9 Å². The van der Waals surface area contributed by atoms with Crippen molar-refractivity contribution in [1.29, 1.82) is 0 Å². The zero-order valence-corrected chi connectivity index (χ0v) is 10.8. The van der Waals surface area contributed by atoms with E-state index in [-0.39, 0.29) is 6.61 Å². The first-order valence-corrected chi connectivity index (χ1v) is 5.49. The molecule has 0 aromatic heterocycles. The zero-order valence-electron chi connectivity index (χ0n) is 10.8. The van der Waals surface area contributed by atoms with Gasteiger partial charge in [-0.3, -0.25) is 0 Å². The summed E-state index contributed by atoms with van der Waals surface area (Å²) in [4.78, 5) is 23.2. The summed E-state index contributed by atoms with van der Waals surface area (Å²) in [5.74, 6) is 4.26. The SMILES string of the molecule is CC#CCOC(=O)/C(CC)=C(/CC)C(=O)OC. The van der Waals surface area contributed by atoms with Crippen LogP contribution in [0.4, 0.5) is 0 Å². The molecule has 0 aromatic carbocycles. The van der Waals surface area contributed by atoms with Crippen LogP contribution in [-0.4, -0.2) is 25.7 Å². The van der Waals surface area contributed by atoms with Crippen molar-refractivity contribution in [2.24, 2.45) is 0 Å². The Morgan fingerprint density at radius 2 is 1.59 bits per heavy atom. The van der Waals surface area contributed by atoms with E-state index >= 15 is 0 Å². The molecule has 0 saturated heterocycles. The molecule has 4 heteroatoms. The van der Waals surface area contributed by atoms with E-state index in [9.17, 15) is 9.59 Å². The third-order valence-corrected chi connectivity index (χ3v) is 2.20. The van der Waals surface area contributed by atoms with Crippen LogP contribution in [0, 0.1) is 11.8 Å². The molecule has 0 radical (unpaired) electrons. The molecule has 0 N–H and O–H groups in total. The van der Waals surface area contributed by atoms with Crippen molar-refractivity contribution in [1.82, 2.24) is 0 Å². The van der Waals surface area contributed by atoms with Crippen LogP contribution >= 0.6 is 0 Å². The molecule has 17 heavy (non-hydrogen) atoms. The summed E-state index contributed by atoms with van der Waals surface area (Å²) in [6.07, 6.45) is 0.862. The predicted molar refractivity (Wildman–Crippen MR) is 64.0 cm³/mol. The summed E-state index contributed by atoms with van der Waals surface area (Å²) >= 11 is 0. The number of ether oxygens (including phenoxy) is 2. The van der Waals surface area contributed by atoms with Gasteiger partial charge in [-0.2, -0.15) is 0 Å². The highest BCUT2D eigenvalue weighted by molar-refractivity contribution is 6.00. The Kier molecular flexibility index (Phi) is 7.53. The van der Waals surface area contributed by atoms with Gasteiger partial charge in [0.1, 0.15) is 0 Å². The minimum absolute atomic E-state index is 0.0387. The molecule has 0 amide bonds. The maximum absolute atomic E-state index is 11.7. The van der Waals surface area contributed by atoms with Crippen molar-refractivity contribution in [3.63, 3.8) is 0 Å². The van der Waals surface area contributed by atoms with Gasteiger partial charge in [-0.1, -0.05) is 19.8 Å². The van der Waals surface area contributed by atoms with Gasteiger partial charge in [-0.25, -0.2) is 9.59 Å². The first kappa shape index (κ1) is 15.2. The Bertz CT molecular complexity index is 369. The lowest BCUT2D eigenvalue weighted by atomic mass is 10.0. The predicted octanol–water partition coefficient (Wildman–Crippen LogP) is 1.84. The monoisotopic (exact) mass is 238 g/mol. The number of hydrogen-bond donors (Lipinski definition) is 0. The van der Waals surface area contributed by atoms with Crippen LogP contribution in [0.2, 0.25) is 0 Å². The molecule has 0 fully saturated rings. The Morgan fingerprint density at radius 3 is 2.00 bits per heavy atom. The fraction of sp³-hybridized carbons (Fsp3) is 0.538. The number of methoxy groups -OCH3 is 1. The lowest BCUT2D eigenvalue weighted by molar-refractivity contribution is -0.140. The number of carbonyl (C=O) groups is 2. The Morgan fingerprint density at radius 1 is 1.06 bits per heavy atom. The minimum atomic E-state index is -0.502. The highest BCUT2D eigenvalue weighted by Gasteiger charge is 2.19. The van der Waals surface area contributed by atoms with Crippen LogP contribution in [0.1, 0.15) is 33.6 Å². The van der Waals surface area contributed by atoms with E-state index in [0.29, 0.717) is 24.0 Å². The van der Waals surface area contributed by atoms with Gasteiger partial charge in [0, 0.05) is 11.1 Å². The Balaban J connectivity index is 4.97. The third-order valence-electron chi connectivity index (χ3n) is 2.20. The normalized spacial score (nSPS) is 10.8. The van der Waals surface area contributed by atoms with Gasteiger partial charge < -0.3 is 9.47 Å². The van der Waals surface area contributed by atoms with E-state index in [1.807, 2.05) is 0 Å². The van der Waals surface area contributed by atoms with E-state index in [1.54, 1.807) is 20.8 Å². The molecule has 0 spiro atoms. The maximum Gasteiger partial charge on any atom is 0.335 e. The summed E-state index contributed by atoms with van der Waals surface area (Å²) in [7, 11) is 1.29. The zero-order chi connectivity index (χ0) is 13.3. The first-order chi connectivity index (χ1) is 8.12. The van der Waals surface area contributed by atoms with Gasteiger partial charge in [-0.05, 0) is 19.8 Å². The molecule has 0 rings (SSSR count). The second kappa shape index (κ2) is 8.40. The van der Waals surface area contributed by atoms with Gasteiger partial charge >= 0.3 is 11.9 Å². The molecule has 0 atom stereocenters. The summed E-state index contributed by atoms with van der Waals surface area (Å²) in [5.41, 5.74) is 0.724. The van der Waals surface area contributed by atoms with Crippen molar-refractivity contribution in [2.45, 2.75) is 33.6 Å². The molecule has 0 aromatic rings. The van der Waals surface area contributed by atoms with E-state index in [2.05, 4.69) is 16.6 Å². The standard InChI is InChI=1S/C13H18O4/c1-5-8-9-17-13(15)11(7-3)10(6-2)12(14)16-4/h6-7,9H2,1-4H3/b11-10-. The number of hydrogen-bond acceptors (Lipinski definition) is 4. The van der Waals surface area contributed by atoms with Crippen molar-refractivity contribution in [3.05, 3.63) is 11.1 Å². The molecule has 0 aliphatic rings. The fourth-order valence-electron chi connectivity index (χ4n) is 1.35. The lowest BCUT2D eigenvalue weighted by Gasteiger charge is -2.09. The summed E-state index contributed by atoms with van der Waals surface area (Å²) < 4.78 is 9.56. The molecule has 0 aliphatic heterocycles. The molecule has 0 saturated carbocycles. The van der Waals surface area contributed by atoms with Crippen LogP contribution < -0.4 is 0 Å². The fourth-order valence-corrected chi connectivity index (χ4v) is 1.35. The second-order valence-corrected chi connectivity index (χ2v) is 3.16. The summed E-state index contributed by atoms with van der Waals surface area (Å²) in [6.45, 7) is 5.29. The molecule has 0 heterocycles. The average Bonchev–Trinajstić information content (AvgIpc) is 2.34. The van der Waals surface area contributed by atoms with Crippen molar-refractivity contribution in [3.8, 4) is 11.8 Å². The van der Waals surface area contributed by atoms with E-state index in [4.69, 9.17) is 4.74 Å². The van der Waals surface area contributed by atoms with Crippen LogP contribution in [0.25, 0.3) is 0 Å². The van der Waals surface area contributed by atoms with Gasteiger partial charge in [-0.15, -0.1) is 5.92 Å². The van der Waals surface area contributed by atoms with E-state index < -0.39 is 11.9 Å². The lowest BCUT2D eigenvalue weighted by Crippen LogP contribution is -2.15. The molecule has 0 aliphatic carbocycles. The van der Waals surface area contributed by atoms with Crippen LogP contribution in [0.15, 0.2) is 11.1 Å². The van der Waals surface area contributed by atoms with Crippen molar-refractivity contribution < 1.29 is 19.1 Å². The molecule has 0 unspecified atom stereocenters. The highest BCUT2D eigenvalue weighted by Crippen LogP contribution is 2.15. The average molecular weight is 238 g/mol. The molecule has 0 bridgehead atoms. The number of esters is 2. The van der Waals surface area contributed by atoms with E-state index in [1.165, 1.54) is 7.11 Å². The number of carbonyl (C=O) groups excluding carboxylic acids is 2. The van der Waals surface area contributed by atoms with E-state index in [0.717, 1.165) is 0 Å². The van der Waals surface area contributed by atoms with Gasteiger partial charge in [0.25, 0.3) is 0 Å². The molecular weight excluding hydrogens is 220 g/mol. The molecular formula is C13H18O4. The first-order valence-electron chi connectivity index (χ1n) is 5.49. The van der Waals surface area contributed by atoms with Crippen LogP contribution in [-0.2, 0) is 19.1 Å². The minimum Gasteiger partial charge on any atom is -0.466 e. The summed E-state index contributed by atoms with van der Waals surface area (Å²) in [5, 5.41) is 0. The summed E-state index contributed by atoms with van der Waals surface area (Å²) in [6, 6.07) is 0. The Labute approximate surface area is 102 Å². The third kappa shape index (κ3) is 4.73. The Hall–Kier alpha value is -1.76. The van der Waals surface area contributed by atoms with Gasteiger partial charge in [0.2, 0.25) is 0 Å². The highest BCUT2D eigenvalue weighted by atomic mass is 16.5.